The third-order valence-electron chi connectivity index (χ3n) is 5.31. The summed E-state index contributed by atoms with van der Waals surface area (Å²) in [6, 6.07) is 11.6. The zero-order valence-electron chi connectivity index (χ0n) is 13.8. The molecule has 0 radical (unpaired) electrons. The van der Waals surface area contributed by atoms with E-state index in [0.717, 1.165) is 38.1 Å². The number of nitrogens with one attached hydrogen (secondary N) is 2. The smallest absolute Gasteiger partial charge is 0.262 e. The van der Waals surface area contributed by atoms with E-state index < -0.39 is 0 Å². The molecule has 3 aromatic heterocycles. The van der Waals surface area contributed by atoms with E-state index in [-0.39, 0.29) is 11.8 Å². The molecule has 4 heterocycles. The molecule has 0 atom stereocenters. The molecule has 1 aliphatic rings. The third kappa shape index (κ3) is 1.37. The van der Waals surface area contributed by atoms with Gasteiger partial charge in [-0.2, -0.15) is 0 Å². The zero-order chi connectivity index (χ0) is 17.6. The first-order valence-electron chi connectivity index (χ1n) is 8.32. The molecular weight excluding hydrogens is 328 g/mol. The lowest BCUT2D eigenvalue weighted by Crippen LogP contribution is -2.24. The number of fused-ring (bicyclic) bond motifs is 10. The Hall–Kier alpha value is -3.67. The van der Waals surface area contributed by atoms with Gasteiger partial charge in [0.1, 0.15) is 5.65 Å². The van der Waals surface area contributed by atoms with E-state index in [0.29, 0.717) is 16.8 Å². The van der Waals surface area contributed by atoms with Gasteiger partial charge in [-0.15, -0.1) is 0 Å². The van der Waals surface area contributed by atoms with Crippen molar-refractivity contribution in [2.24, 2.45) is 0 Å². The van der Waals surface area contributed by atoms with Crippen molar-refractivity contribution in [1.82, 2.24) is 19.9 Å². The maximum absolute atomic E-state index is 12.9. The van der Waals surface area contributed by atoms with Crippen LogP contribution in [0.15, 0.2) is 42.6 Å². The summed E-state index contributed by atoms with van der Waals surface area (Å²) in [6.45, 7) is 0. The minimum Gasteiger partial charge on any atom is -0.353 e. The second kappa shape index (κ2) is 4.29. The van der Waals surface area contributed by atoms with E-state index in [4.69, 9.17) is 0 Å². The van der Waals surface area contributed by atoms with Gasteiger partial charge in [-0.25, -0.2) is 4.98 Å². The molecule has 0 fully saturated rings. The second-order valence-electron chi connectivity index (χ2n) is 6.61. The van der Waals surface area contributed by atoms with Gasteiger partial charge in [-0.3, -0.25) is 14.5 Å². The number of nitrogens with zero attached hydrogens (tertiary/aromatic N) is 2. The third-order valence-corrected chi connectivity index (χ3v) is 5.31. The molecule has 0 saturated heterocycles. The van der Waals surface area contributed by atoms with Crippen molar-refractivity contribution < 1.29 is 9.59 Å². The first kappa shape index (κ1) is 13.6. The highest BCUT2D eigenvalue weighted by atomic mass is 16.2. The first-order valence-corrected chi connectivity index (χ1v) is 8.32. The van der Waals surface area contributed by atoms with Crippen LogP contribution in [-0.2, 0) is 0 Å². The number of carbonyl (C=O) groups excluding carboxylic acids is 2. The summed E-state index contributed by atoms with van der Waals surface area (Å²) in [5.74, 6) is -0.535. The van der Waals surface area contributed by atoms with Crippen LogP contribution in [0.4, 0.5) is 0 Å². The predicted octanol–water partition coefficient (Wildman–Crippen LogP) is 3.58. The van der Waals surface area contributed by atoms with Crippen LogP contribution >= 0.6 is 0 Å². The van der Waals surface area contributed by atoms with Crippen LogP contribution in [0.3, 0.4) is 0 Å². The molecule has 0 saturated carbocycles. The lowest BCUT2D eigenvalue weighted by molar-refractivity contribution is 0.0694. The van der Waals surface area contributed by atoms with Crippen LogP contribution in [-0.4, -0.2) is 38.7 Å². The number of aromatic nitrogens is 3. The molecule has 0 bridgehead atoms. The average molecular weight is 340 g/mol. The molecule has 124 valence electrons. The van der Waals surface area contributed by atoms with Crippen LogP contribution in [0.25, 0.3) is 43.7 Å². The van der Waals surface area contributed by atoms with Gasteiger partial charge in [-0.1, -0.05) is 18.2 Å². The fraction of sp³-hybridized carbons (Fsp3) is 0.0500. The normalized spacial score (nSPS) is 14.4. The molecule has 5 aromatic rings. The largest absolute Gasteiger partial charge is 0.353 e. The standard InChI is InChI=1S/C20H12N4O2/c1-24-19(25)14-12-9-5-2-3-7-11(9)22-16(12)17-13(15(14)20(24)26)10-6-4-8-21-18(10)23-17/h2-8,22H,1H3,(H,21,23). The van der Waals surface area contributed by atoms with E-state index in [2.05, 4.69) is 15.0 Å². The van der Waals surface area contributed by atoms with Gasteiger partial charge in [0, 0.05) is 40.3 Å². The van der Waals surface area contributed by atoms with E-state index >= 15 is 0 Å². The SMILES string of the molecule is CN1C(=O)c2c(c3c4cccnc4[nH]c3c3[nH]c4ccccc4c23)C1=O. The maximum Gasteiger partial charge on any atom is 0.262 e. The number of para-hydroxylation sites is 1. The number of benzene rings is 2. The van der Waals surface area contributed by atoms with E-state index in [1.54, 1.807) is 6.20 Å². The molecule has 0 spiro atoms. The van der Waals surface area contributed by atoms with Gasteiger partial charge in [0.25, 0.3) is 11.8 Å². The van der Waals surface area contributed by atoms with Crippen molar-refractivity contribution in [1.29, 1.82) is 0 Å². The molecule has 2 amide bonds. The molecule has 0 aliphatic carbocycles. The Kier molecular flexibility index (Phi) is 2.24. The molecule has 1 aliphatic heterocycles. The van der Waals surface area contributed by atoms with Gasteiger partial charge in [0.2, 0.25) is 0 Å². The summed E-state index contributed by atoms with van der Waals surface area (Å²) in [5.41, 5.74) is 4.20. The number of imide groups is 1. The Bertz CT molecular complexity index is 1330. The van der Waals surface area contributed by atoms with Crippen LogP contribution in [0, 0.1) is 0 Å². The van der Waals surface area contributed by atoms with Gasteiger partial charge >= 0.3 is 0 Å². The van der Waals surface area contributed by atoms with E-state index in [1.165, 1.54) is 11.9 Å². The van der Waals surface area contributed by atoms with Gasteiger partial charge in [-0.05, 0) is 18.2 Å². The highest BCUT2D eigenvalue weighted by molar-refractivity contribution is 6.38. The summed E-state index contributed by atoms with van der Waals surface area (Å²) >= 11 is 0. The number of carbonyl (C=O) groups is 2. The van der Waals surface area contributed by atoms with Crippen LogP contribution in [0.1, 0.15) is 20.7 Å². The Morgan fingerprint density at radius 1 is 0.846 bits per heavy atom. The monoisotopic (exact) mass is 340 g/mol. The molecule has 6 heteroatoms. The second-order valence-corrected chi connectivity index (χ2v) is 6.61. The summed E-state index contributed by atoms with van der Waals surface area (Å²) in [6.07, 6.45) is 1.71. The molecule has 2 N–H and O–H groups in total. The number of aromatic amines is 2. The lowest BCUT2D eigenvalue weighted by atomic mass is 9.97. The Morgan fingerprint density at radius 2 is 1.50 bits per heavy atom. The number of pyridine rings is 1. The summed E-state index contributed by atoms with van der Waals surface area (Å²) in [4.78, 5) is 38.2. The summed E-state index contributed by atoms with van der Waals surface area (Å²) < 4.78 is 0. The average Bonchev–Trinajstić information content (AvgIpc) is 3.29. The van der Waals surface area contributed by atoms with Gasteiger partial charge in [0.05, 0.1) is 22.2 Å². The fourth-order valence-electron chi connectivity index (χ4n) is 4.16. The van der Waals surface area contributed by atoms with Crippen LogP contribution < -0.4 is 0 Å². The van der Waals surface area contributed by atoms with Crippen molar-refractivity contribution in [3.63, 3.8) is 0 Å². The summed E-state index contributed by atoms with van der Waals surface area (Å²) in [7, 11) is 1.53. The Labute approximate surface area is 146 Å². The quantitative estimate of drug-likeness (QED) is 0.423. The Morgan fingerprint density at radius 3 is 2.31 bits per heavy atom. The van der Waals surface area contributed by atoms with Crippen molar-refractivity contribution in [3.05, 3.63) is 53.7 Å². The van der Waals surface area contributed by atoms with E-state index in [1.807, 2.05) is 36.4 Å². The van der Waals surface area contributed by atoms with Crippen LogP contribution in [0.2, 0.25) is 0 Å². The number of amides is 2. The molecule has 6 nitrogen and oxygen atoms in total. The highest BCUT2D eigenvalue weighted by Crippen LogP contribution is 2.42. The summed E-state index contributed by atoms with van der Waals surface area (Å²) in [5, 5.41) is 3.32. The van der Waals surface area contributed by atoms with Gasteiger partial charge < -0.3 is 9.97 Å². The minimum absolute atomic E-state index is 0.264. The van der Waals surface area contributed by atoms with Crippen molar-refractivity contribution in [2.75, 3.05) is 7.05 Å². The topological polar surface area (TPSA) is 81.8 Å². The first-order chi connectivity index (χ1) is 12.7. The minimum atomic E-state index is -0.271. The Balaban J connectivity index is 2.02. The number of H-pyrrole nitrogens is 2. The number of hydrogen-bond donors (Lipinski definition) is 2. The predicted molar refractivity (Wildman–Crippen MR) is 99.4 cm³/mol. The van der Waals surface area contributed by atoms with Crippen molar-refractivity contribution in [2.45, 2.75) is 0 Å². The van der Waals surface area contributed by atoms with Crippen molar-refractivity contribution >= 4 is 55.6 Å². The van der Waals surface area contributed by atoms with Crippen molar-refractivity contribution in [3.8, 4) is 0 Å². The van der Waals surface area contributed by atoms with E-state index in [9.17, 15) is 9.59 Å². The number of rotatable bonds is 0. The lowest BCUT2D eigenvalue weighted by Gasteiger charge is -2.03. The molecular formula is C20H12N4O2. The number of hydrogen-bond acceptors (Lipinski definition) is 3. The van der Waals surface area contributed by atoms with Crippen LogP contribution in [0.5, 0.6) is 0 Å². The highest BCUT2D eigenvalue weighted by Gasteiger charge is 2.38. The molecule has 0 unspecified atom stereocenters. The molecule has 2 aromatic carbocycles. The molecule has 6 rings (SSSR count). The molecule has 26 heavy (non-hydrogen) atoms. The van der Waals surface area contributed by atoms with Gasteiger partial charge in [0.15, 0.2) is 0 Å². The zero-order valence-corrected chi connectivity index (χ0v) is 13.8. The fourth-order valence-corrected chi connectivity index (χ4v) is 4.16. The maximum atomic E-state index is 12.9.